The van der Waals surface area contributed by atoms with Crippen molar-refractivity contribution < 1.29 is 14.3 Å². The average molecular weight is 359 g/mol. The van der Waals surface area contributed by atoms with E-state index in [1.807, 2.05) is 17.3 Å². The van der Waals surface area contributed by atoms with Crippen molar-refractivity contribution >= 4 is 11.8 Å². The van der Waals surface area contributed by atoms with Crippen LogP contribution in [0, 0.1) is 5.92 Å². The molecule has 6 heteroatoms. The summed E-state index contributed by atoms with van der Waals surface area (Å²) in [6.45, 7) is 3.13. The molecule has 0 aromatic carbocycles. The summed E-state index contributed by atoms with van der Waals surface area (Å²) in [6.07, 6.45) is 7.02. The first-order chi connectivity index (χ1) is 12.5. The molecule has 6 nitrogen and oxygen atoms in total. The van der Waals surface area contributed by atoms with E-state index in [1.165, 1.54) is 5.56 Å². The lowest BCUT2D eigenvalue weighted by Gasteiger charge is -2.36. The highest BCUT2D eigenvalue weighted by Gasteiger charge is 2.44. The molecule has 2 fully saturated rings. The molecule has 1 aromatic heterocycles. The first-order valence-electron chi connectivity index (χ1n) is 9.47. The van der Waals surface area contributed by atoms with Crippen LogP contribution in [-0.4, -0.2) is 66.0 Å². The molecule has 142 valence electrons. The molecular weight excluding hydrogens is 330 g/mol. The summed E-state index contributed by atoms with van der Waals surface area (Å²) >= 11 is 0. The summed E-state index contributed by atoms with van der Waals surface area (Å²) in [5.74, 6) is 0.553. The summed E-state index contributed by atoms with van der Waals surface area (Å²) in [5.41, 5.74) is 1.31. The molecule has 1 aliphatic heterocycles. The fourth-order valence-corrected chi connectivity index (χ4v) is 4.48. The van der Waals surface area contributed by atoms with Crippen LogP contribution in [0.4, 0.5) is 0 Å². The maximum atomic E-state index is 13.1. The third-order valence-corrected chi connectivity index (χ3v) is 6.12. The van der Waals surface area contributed by atoms with E-state index in [1.54, 1.807) is 26.0 Å². The number of nitrogens with zero attached hydrogens (tertiary/aromatic N) is 3. The van der Waals surface area contributed by atoms with Crippen LogP contribution >= 0.6 is 0 Å². The minimum absolute atomic E-state index is 0.0131. The van der Waals surface area contributed by atoms with Crippen molar-refractivity contribution in [3.8, 4) is 0 Å². The number of likely N-dealkylation sites (N-methyl/N-ethyl adjacent to an activating group) is 1. The van der Waals surface area contributed by atoms with Crippen LogP contribution < -0.4 is 0 Å². The molecule has 0 N–H and O–H groups in total. The Morgan fingerprint density at radius 3 is 2.38 bits per heavy atom. The van der Waals surface area contributed by atoms with Crippen molar-refractivity contribution in [2.45, 2.75) is 50.7 Å². The van der Waals surface area contributed by atoms with Crippen LogP contribution in [0.25, 0.3) is 0 Å². The molecule has 2 heterocycles. The lowest BCUT2D eigenvalue weighted by Crippen LogP contribution is -2.48. The average Bonchev–Trinajstić information content (AvgIpc) is 3.11. The summed E-state index contributed by atoms with van der Waals surface area (Å²) in [4.78, 5) is 32.6. The van der Waals surface area contributed by atoms with E-state index >= 15 is 0 Å². The third-order valence-electron chi connectivity index (χ3n) is 6.12. The van der Waals surface area contributed by atoms with Gasteiger partial charge < -0.3 is 14.5 Å². The number of hydrogen-bond acceptors (Lipinski definition) is 4. The van der Waals surface area contributed by atoms with Crippen molar-refractivity contribution in [2.24, 2.45) is 5.92 Å². The number of pyridine rings is 1. The van der Waals surface area contributed by atoms with Crippen molar-refractivity contribution in [2.75, 3.05) is 27.2 Å². The summed E-state index contributed by atoms with van der Waals surface area (Å²) in [6, 6.07) is 4.13. The Morgan fingerprint density at radius 2 is 1.81 bits per heavy atom. The third kappa shape index (κ3) is 3.75. The van der Waals surface area contributed by atoms with Gasteiger partial charge in [0.1, 0.15) is 0 Å². The van der Waals surface area contributed by atoms with Crippen LogP contribution in [0.2, 0.25) is 0 Å². The number of rotatable bonds is 4. The zero-order valence-electron chi connectivity index (χ0n) is 15.9. The summed E-state index contributed by atoms with van der Waals surface area (Å²) in [7, 11) is 3.44. The predicted molar refractivity (Wildman–Crippen MR) is 98.5 cm³/mol. The lowest BCUT2D eigenvalue weighted by molar-refractivity contribution is -0.143. The Hall–Kier alpha value is -1.95. The number of amides is 2. The first kappa shape index (κ1) is 18.8. The molecule has 1 saturated heterocycles. The fourth-order valence-electron chi connectivity index (χ4n) is 4.48. The molecule has 0 bridgehead atoms. The van der Waals surface area contributed by atoms with E-state index < -0.39 is 0 Å². The Labute approximate surface area is 155 Å². The molecule has 0 unspecified atom stereocenters. The van der Waals surface area contributed by atoms with Gasteiger partial charge in [-0.25, -0.2) is 0 Å². The zero-order chi connectivity index (χ0) is 18.7. The highest BCUT2D eigenvalue weighted by atomic mass is 16.5. The second-order valence-corrected chi connectivity index (χ2v) is 7.46. The lowest BCUT2D eigenvalue weighted by atomic mass is 9.89. The van der Waals surface area contributed by atoms with Gasteiger partial charge in [0.25, 0.3) is 0 Å². The normalized spacial score (nSPS) is 26.7. The second kappa shape index (κ2) is 8.16. The van der Waals surface area contributed by atoms with Gasteiger partial charge in [0.15, 0.2) is 0 Å². The smallest absolute Gasteiger partial charge is 0.228 e. The molecule has 1 saturated carbocycles. The van der Waals surface area contributed by atoms with Gasteiger partial charge in [-0.1, -0.05) is 0 Å². The molecule has 1 aliphatic carbocycles. The molecule has 2 aliphatic rings. The molecule has 3 atom stereocenters. The molecule has 2 amide bonds. The van der Waals surface area contributed by atoms with Gasteiger partial charge in [-0.05, 0) is 49.3 Å². The molecule has 3 rings (SSSR count). The quantitative estimate of drug-likeness (QED) is 0.826. The van der Waals surface area contributed by atoms with E-state index in [4.69, 9.17) is 4.74 Å². The number of aromatic nitrogens is 1. The highest BCUT2D eigenvalue weighted by molar-refractivity contribution is 5.80. The van der Waals surface area contributed by atoms with Crippen molar-refractivity contribution in [1.29, 1.82) is 0 Å². The van der Waals surface area contributed by atoms with E-state index in [2.05, 4.69) is 17.1 Å². The Bertz CT molecular complexity index is 628. The first-order valence-corrected chi connectivity index (χ1v) is 9.47. The van der Waals surface area contributed by atoms with Gasteiger partial charge in [0.2, 0.25) is 11.8 Å². The Kier molecular flexibility index (Phi) is 5.91. The number of carbonyl (C=O) groups is 2. The molecule has 26 heavy (non-hydrogen) atoms. The minimum Gasteiger partial charge on any atom is -0.378 e. The minimum atomic E-state index is -0.214. The van der Waals surface area contributed by atoms with Gasteiger partial charge >= 0.3 is 0 Å². The standard InChI is InChI=1S/C20H29N3O3/c1-14(24)22(2)18-5-4-17(19(18)26-3)20(25)23-12-8-16(9-13-23)15-6-10-21-11-7-15/h6-7,10-11,16-19H,4-5,8-9,12-13H2,1-3H3/t17-,18-,19+/m1/s1. The van der Waals surface area contributed by atoms with Crippen LogP contribution in [0.3, 0.4) is 0 Å². The topological polar surface area (TPSA) is 62.7 Å². The van der Waals surface area contributed by atoms with Gasteiger partial charge in [-0.15, -0.1) is 0 Å². The van der Waals surface area contributed by atoms with Gasteiger partial charge in [-0.2, -0.15) is 0 Å². The maximum absolute atomic E-state index is 13.1. The number of carbonyl (C=O) groups excluding carboxylic acids is 2. The van der Waals surface area contributed by atoms with Gasteiger partial charge in [0.05, 0.1) is 18.1 Å². The molecular formula is C20H29N3O3. The monoisotopic (exact) mass is 359 g/mol. The van der Waals surface area contributed by atoms with Crippen LogP contribution in [0.5, 0.6) is 0 Å². The van der Waals surface area contributed by atoms with Crippen LogP contribution in [-0.2, 0) is 14.3 Å². The zero-order valence-corrected chi connectivity index (χ0v) is 15.9. The predicted octanol–water partition coefficient (Wildman–Crippen LogP) is 2.06. The van der Waals surface area contributed by atoms with Crippen molar-refractivity contribution in [3.63, 3.8) is 0 Å². The van der Waals surface area contributed by atoms with Crippen LogP contribution in [0.1, 0.15) is 44.1 Å². The summed E-state index contributed by atoms with van der Waals surface area (Å²) in [5, 5.41) is 0. The maximum Gasteiger partial charge on any atom is 0.228 e. The fraction of sp³-hybridized carbons (Fsp3) is 0.650. The van der Waals surface area contributed by atoms with E-state index in [-0.39, 0.29) is 29.9 Å². The number of methoxy groups -OCH3 is 1. The Balaban J connectivity index is 1.60. The van der Waals surface area contributed by atoms with Gasteiger partial charge in [-0.3, -0.25) is 14.6 Å². The van der Waals surface area contributed by atoms with E-state index in [0.717, 1.165) is 38.8 Å². The number of ether oxygens (including phenoxy) is 1. The van der Waals surface area contributed by atoms with E-state index in [0.29, 0.717) is 5.92 Å². The van der Waals surface area contributed by atoms with Crippen molar-refractivity contribution in [1.82, 2.24) is 14.8 Å². The van der Waals surface area contributed by atoms with Crippen molar-refractivity contribution in [3.05, 3.63) is 30.1 Å². The number of piperidine rings is 1. The van der Waals surface area contributed by atoms with Gasteiger partial charge in [0, 0.05) is 46.6 Å². The van der Waals surface area contributed by atoms with E-state index in [9.17, 15) is 9.59 Å². The number of hydrogen-bond donors (Lipinski definition) is 0. The SMILES string of the molecule is CO[C@@H]1[C@H](N(C)C(C)=O)CC[C@H]1C(=O)N1CCC(c2ccncc2)CC1. The molecule has 0 radical (unpaired) electrons. The second-order valence-electron chi connectivity index (χ2n) is 7.46. The largest absolute Gasteiger partial charge is 0.378 e. The summed E-state index contributed by atoms with van der Waals surface area (Å²) < 4.78 is 5.66. The highest BCUT2D eigenvalue weighted by Crippen LogP contribution is 2.35. The Morgan fingerprint density at radius 1 is 1.15 bits per heavy atom. The number of likely N-dealkylation sites (tertiary alicyclic amines) is 1. The van der Waals surface area contributed by atoms with Crippen LogP contribution in [0.15, 0.2) is 24.5 Å². The molecule has 1 aromatic rings. The molecule has 0 spiro atoms.